The lowest BCUT2D eigenvalue weighted by Gasteiger charge is -2.00. The molecule has 0 saturated carbocycles. The second kappa shape index (κ2) is 10.9. The Morgan fingerprint density at radius 3 is 2.20 bits per heavy atom. The van der Waals surface area contributed by atoms with Gasteiger partial charge in [0.1, 0.15) is 0 Å². The summed E-state index contributed by atoms with van der Waals surface area (Å²) in [5.74, 6) is -0.190. The van der Waals surface area contributed by atoms with Crippen LogP contribution in [0.2, 0.25) is 0 Å². The van der Waals surface area contributed by atoms with E-state index in [0.717, 1.165) is 18.5 Å². The van der Waals surface area contributed by atoms with Gasteiger partial charge in [0.05, 0.1) is 0 Å². The molecule has 0 spiro atoms. The van der Waals surface area contributed by atoms with Crippen LogP contribution in [0.4, 0.5) is 0 Å². The van der Waals surface area contributed by atoms with Crippen LogP contribution in [0.15, 0.2) is 23.2 Å². The smallest absolute Gasteiger partial charge is 0.158 e. The number of aliphatic imine (C=N–C) groups is 1. The normalized spacial score (nSPS) is 11.2. The molecule has 0 aromatic heterocycles. The summed E-state index contributed by atoms with van der Waals surface area (Å²) in [4.78, 5) is 4.34. The highest BCUT2D eigenvalue weighted by Crippen LogP contribution is 2.23. The molecule has 0 aliphatic heterocycles. The first kappa shape index (κ1) is 17.3. The average Bonchev–Trinajstić information content (AvgIpc) is 2.45. The lowest BCUT2D eigenvalue weighted by atomic mass is 10.1. The Bertz CT molecular complexity index is 407. The molecule has 1 aromatic carbocycles. The molecule has 0 unspecified atom stereocenters. The van der Waals surface area contributed by atoms with Gasteiger partial charge in [-0.15, -0.1) is 0 Å². The molecule has 0 fully saturated rings. The number of phenols is 2. The number of benzene rings is 1. The van der Waals surface area contributed by atoms with Crippen LogP contribution in [0.5, 0.6) is 11.5 Å². The zero-order valence-corrected chi connectivity index (χ0v) is 14.1. The molecule has 0 radical (unpaired) electrons. The topological polar surface area (TPSA) is 52.8 Å². The summed E-state index contributed by atoms with van der Waals surface area (Å²) >= 11 is 2.43. The minimum Gasteiger partial charge on any atom is -0.504 e. The third-order valence-electron chi connectivity index (χ3n) is 3.16. The highest BCUT2D eigenvalue weighted by atomic mass is 127. The van der Waals surface area contributed by atoms with E-state index in [2.05, 4.69) is 27.6 Å². The molecule has 2 N–H and O–H groups in total. The van der Waals surface area contributed by atoms with Crippen molar-refractivity contribution in [2.24, 2.45) is 4.99 Å². The number of aromatic hydroxyl groups is 2. The molecule has 3 nitrogen and oxygen atoms in total. The number of nitrogens with zero attached hydrogens (tertiary/aromatic N) is 1. The fourth-order valence-corrected chi connectivity index (χ4v) is 2.51. The van der Waals surface area contributed by atoms with E-state index in [1.165, 1.54) is 55.1 Å². The van der Waals surface area contributed by atoms with E-state index in [1.54, 1.807) is 12.3 Å². The Morgan fingerprint density at radius 2 is 1.55 bits per heavy atom. The number of hydrogen-bond acceptors (Lipinski definition) is 3. The number of alkyl halides is 1. The molecule has 0 aliphatic carbocycles. The molecule has 1 aromatic rings. The van der Waals surface area contributed by atoms with E-state index < -0.39 is 0 Å². The van der Waals surface area contributed by atoms with Crippen molar-refractivity contribution in [2.45, 2.75) is 44.9 Å². The first-order valence-corrected chi connectivity index (χ1v) is 8.84. The quantitative estimate of drug-likeness (QED) is 0.201. The van der Waals surface area contributed by atoms with E-state index >= 15 is 0 Å². The maximum atomic E-state index is 9.35. The Kier molecular flexibility index (Phi) is 9.45. The van der Waals surface area contributed by atoms with Crippen LogP contribution in [0.3, 0.4) is 0 Å². The van der Waals surface area contributed by atoms with Crippen molar-refractivity contribution in [3.05, 3.63) is 23.8 Å². The second-order valence-electron chi connectivity index (χ2n) is 4.95. The zero-order chi connectivity index (χ0) is 14.6. The van der Waals surface area contributed by atoms with Gasteiger partial charge in [-0.25, -0.2) is 0 Å². The molecule has 0 heterocycles. The second-order valence-corrected chi connectivity index (χ2v) is 6.03. The van der Waals surface area contributed by atoms with Crippen LogP contribution in [-0.2, 0) is 0 Å². The first-order chi connectivity index (χ1) is 9.74. The SMILES string of the molecule is Oc1ccc(C=NCCCCCCCCCI)cc1O. The number of hydrogen-bond donors (Lipinski definition) is 2. The number of unbranched alkanes of at least 4 members (excludes halogenated alkanes) is 6. The third-order valence-corrected chi connectivity index (χ3v) is 3.92. The molecular formula is C16H24INO2. The molecular weight excluding hydrogens is 365 g/mol. The standard InChI is InChI=1S/C16H24INO2/c17-10-6-4-2-1-3-5-7-11-18-13-14-8-9-15(19)16(20)12-14/h8-9,12-13,19-20H,1-7,10-11H2. The van der Waals surface area contributed by atoms with Gasteiger partial charge in [-0.3, -0.25) is 4.99 Å². The van der Waals surface area contributed by atoms with Gasteiger partial charge in [-0.05, 0) is 41.0 Å². The van der Waals surface area contributed by atoms with Crippen LogP contribution in [0, 0.1) is 0 Å². The van der Waals surface area contributed by atoms with Gasteiger partial charge in [-0.2, -0.15) is 0 Å². The van der Waals surface area contributed by atoms with Gasteiger partial charge in [0.2, 0.25) is 0 Å². The minimum atomic E-state index is -0.0968. The average molecular weight is 389 g/mol. The number of halogens is 1. The fourth-order valence-electron chi connectivity index (χ4n) is 1.97. The summed E-state index contributed by atoms with van der Waals surface area (Å²) in [7, 11) is 0. The van der Waals surface area contributed by atoms with Crippen molar-refractivity contribution in [1.82, 2.24) is 0 Å². The van der Waals surface area contributed by atoms with Crippen molar-refractivity contribution in [1.29, 1.82) is 0 Å². The van der Waals surface area contributed by atoms with Crippen molar-refractivity contribution in [2.75, 3.05) is 11.0 Å². The van der Waals surface area contributed by atoms with Gasteiger partial charge in [0, 0.05) is 12.8 Å². The highest BCUT2D eigenvalue weighted by molar-refractivity contribution is 14.1. The Balaban J connectivity index is 2.06. The summed E-state index contributed by atoms with van der Waals surface area (Å²) < 4.78 is 1.28. The van der Waals surface area contributed by atoms with Gasteiger partial charge in [0.15, 0.2) is 11.5 Å². The molecule has 0 saturated heterocycles. The maximum absolute atomic E-state index is 9.35. The molecule has 0 bridgehead atoms. The Morgan fingerprint density at radius 1 is 0.900 bits per heavy atom. The Hall–Kier alpha value is -0.780. The molecule has 112 valence electrons. The third kappa shape index (κ3) is 7.72. The van der Waals surface area contributed by atoms with Crippen molar-refractivity contribution >= 4 is 28.8 Å². The number of phenolic OH excluding ortho intramolecular Hbond substituents is 2. The molecule has 4 heteroatoms. The predicted octanol–water partition coefficient (Wildman–Crippen LogP) is 4.68. The van der Waals surface area contributed by atoms with Gasteiger partial charge < -0.3 is 10.2 Å². The van der Waals surface area contributed by atoms with Crippen molar-refractivity contribution < 1.29 is 10.2 Å². The maximum Gasteiger partial charge on any atom is 0.158 e. The summed E-state index contributed by atoms with van der Waals surface area (Å²) in [6.45, 7) is 0.829. The van der Waals surface area contributed by atoms with Crippen LogP contribution in [0.25, 0.3) is 0 Å². The van der Waals surface area contributed by atoms with Crippen LogP contribution in [-0.4, -0.2) is 27.4 Å². The van der Waals surface area contributed by atoms with Gasteiger partial charge in [0.25, 0.3) is 0 Å². The summed E-state index contributed by atoms with van der Waals surface area (Å²) in [6.07, 6.45) is 10.8. The Labute approximate surface area is 135 Å². The summed E-state index contributed by atoms with van der Waals surface area (Å²) in [5.41, 5.74) is 0.819. The van der Waals surface area contributed by atoms with Crippen LogP contribution in [0.1, 0.15) is 50.5 Å². The van der Waals surface area contributed by atoms with Gasteiger partial charge >= 0.3 is 0 Å². The first-order valence-electron chi connectivity index (χ1n) is 7.32. The van der Waals surface area contributed by atoms with E-state index in [9.17, 15) is 10.2 Å². The fraction of sp³-hybridized carbons (Fsp3) is 0.562. The highest BCUT2D eigenvalue weighted by Gasteiger charge is 1.97. The molecule has 0 atom stereocenters. The summed E-state index contributed by atoms with van der Waals surface area (Å²) in [5, 5.41) is 18.5. The molecule has 1 rings (SSSR count). The summed E-state index contributed by atoms with van der Waals surface area (Å²) in [6, 6.07) is 4.74. The van der Waals surface area contributed by atoms with E-state index in [0.29, 0.717) is 0 Å². The predicted molar refractivity (Wildman–Crippen MR) is 93.4 cm³/mol. The zero-order valence-electron chi connectivity index (χ0n) is 11.9. The molecule has 0 aliphatic rings. The van der Waals surface area contributed by atoms with E-state index in [-0.39, 0.29) is 11.5 Å². The molecule has 20 heavy (non-hydrogen) atoms. The van der Waals surface area contributed by atoms with Crippen LogP contribution < -0.4 is 0 Å². The van der Waals surface area contributed by atoms with Gasteiger partial charge in [-0.1, -0.05) is 54.7 Å². The van der Waals surface area contributed by atoms with Crippen molar-refractivity contribution in [3.8, 4) is 11.5 Å². The monoisotopic (exact) mass is 389 g/mol. The minimum absolute atomic E-state index is 0.0929. The van der Waals surface area contributed by atoms with E-state index in [4.69, 9.17) is 0 Å². The number of rotatable bonds is 10. The lowest BCUT2D eigenvalue weighted by molar-refractivity contribution is 0.403. The lowest BCUT2D eigenvalue weighted by Crippen LogP contribution is -1.86. The van der Waals surface area contributed by atoms with Crippen molar-refractivity contribution in [3.63, 3.8) is 0 Å². The largest absolute Gasteiger partial charge is 0.504 e. The van der Waals surface area contributed by atoms with E-state index in [1.807, 2.05) is 0 Å². The van der Waals surface area contributed by atoms with Crippen LogP contribution >= 0.6 is 22.6 Å². The molecule has 0 amide bonds.